The van der Waals surface area contributed by atoms with Crippen LogP contribution in [0.5, 0.6) is 0 Å². The molecule has 0 radical (unpaired) electrons. The van der Waals surface area contributed by atoms with Gasteiger partial charge in [-0.15, -0.1) is 0 Å². The normalized spacial score (nSPS) is 14.4. The Kier molecular flexibility index (Phi) is 4.97. The molecule has 1 amide bonds. The van der Waals surface area contributed by atoms with Crippen LogP contribution in [0.1, 0.15) is 37.3 Å². The maximum atomic E-state index is 12.3. The number of benzene rings is 1. The van der Waals surface area contributed by atoms with Gasteiger partial charge in [0.15, 0.2) is 0 Å². The van der Waals surface area contributed by atoms with E-state index in [1.54, 1.807) is 0 Å². The maximum absolute atomic E-state index is 12.3. The molecule has 0 unspecified atom stereocenters. The molecule has 0 saturated heterocycles. The lowest BCUT2D eigenvalue weighted by Gasteiger charge is -2.23. The number of hydrogen-bond acceptors (Lipinski definition) is 2. The molecule has 0 spiro atoms. The Morgan fingerprint density at radius 2 is 2.00 bits per heavy atom. The van der Waals surface area contributed by atoms with Crippen molar-refractivity contribution < 1.29 is 4.79 Å². The van der Waals surface area contributed by atoms with Gasteiger partial charge in [-0.2, -0.15) is 0 Å². The lowest BCUT2D eigenvalue weighted by molar-refractivity contribution is -0.132. The SMILES string of the molecule is CCNCCC(=O)N(Cc1ccc(C)cc1)C1CC1. The summed E-state index contributed by atoms with van der Waals surface area (Å²) in [4.78, 5) is 14.3. The number of aryl methyl sites for hydroxylation is 1. The van der Waals surface area contributed by atoms with Crippen LogP contribution in [-0.2, 0) is 11.3 Å². The summed E-state index contributed by atoms with van der Waals surface area (Å²) in [5.41, 5.74) is 2.49. The molecule has 3 nitrogen and oxygen atoms in total. The number of carbonyl (C=O) groups excluding carboxylic acids is 1. The molecule has 1 aliphatic rings. The molecule has 1 aromatic rings. The molecule has 1 aromatic carbocycles. The van der Waals surface area contributed by atoms with Crippen molar-refractivity contribution >= 4 is 5.91 Å². The molecule has 1 fully saturated rings. The second-order valence-electron chi connectivity index (χ2n) is 5.34. The third-order valence-electron chi connectivity index (χ3n) is 3.55. The fraction of sp³-hybridized carbons (Fsp3) is 0.562. The first-order chi connectivity index (χ1) is 9.20. The average molecular weight is 260 g/mol. The molecule has 3 heteroatoms. The van der Waals surface area contributed by atoms with E-state index < -0.39 is 0 Å². The van der Waals surface area contributed by atoms with Gasteiger partial charge in [-0.25, -0.2) is 0 Å². The Balaban J connectivity index is 1.92. The molecule has 19 heavy (non-hydrogen) atoms. The van der Waals surface area contributed by atoms with E-state index in [1.807, 2.05) is 0 Å². The van der Waals surface area contributed by atoms with Crippen LogP contribution in [0, 0.1) is 6.92 Å². The molecule has 104 valence electrons. The standard InChI is InChI=1S/C16H24N2O/c1-3-17-11-10-16(19)18(15-8-9-15)12-14-6-4-13(2)5-7-14/h4-7,15,17H,3,8-12H2,1-2H3. The van der Waals surface area contributed by atoms with Crippen LogP contribution >= 0.6 is 0 Å². The van der Waals surface area contributed by atoms with Crippen LogP contribution in [0.4, 0.5) is 0 Å². The van der Waals surface area contributed by atoms with Crippen LogP contribution in [0.2, 0.25) is 0 Å². The molecular formula is C16H24N2O. The lowest BCUT2D eigenvalue weighted by Crippen LogP contribution is -2.34. The van der Waals surface area contributed by atoms with Crippen molar-refractivity contribution in [3.8, 4) is 0 Å². The lowest BCUT2D eigenvalue weighted by atomic mass is 10.1. The van der Waals surface area contributed by atoms with Gasteiger partial charge < -0.3 is 10.2 Å². The molecule has 0 heterocycles. The van der Waals surface area contributed by atoms with Crippen LogP contribution < -0.4 is 5.32 Å². The smallest absolute Gasteiger partial charge is 0.224 e. The molecule has 1 aliphatic carbocycles. The Labute approximate surface area is 116 Å². The van der Waals surface area contributed by atoms with Crippen molar-refractivity contribution in [1.82, 2.24) is 10.2 Å². The Morgan fingerprint density at radius 3 is 2.58 bits per heavy atom. The Bertz CT molecular complexity index is 409. The van der Waals surface area contributed by atoms with E-state index in [4.69, 9.17) is 0 Å². The van der Waals surface area contributed by atoms with Crippen molar-refractivity contribution in [3.63, 3.8) is 0 Å². The van der Waals surface area contributed by atoms with Crippen LogP contribution in [0.15, 0.2) is 24.3 Å². The third-order valence-corrected chi connectivity index (χ3v) is 3.55. The monoisotopic (exact) mass is 260 g/mol. The van der Waals surface area contributed by atoms with Gasteiger partial charge in [0, 0.05) is 25.6 Å². The van der Waals surface area contributed by atoms with Gasteiger partial charge >= 0.3 is 0 Å². The highest BCUT2D eigenvalue weighted by Crippen LogP contribution is 2.28. The fourth-order valence-electron chi connectivity index (χ4n) is 2.21. The van der Waals surface area contributed by atoms with Gasteiger partial charge in [-0.05, 0) is 31.9 Å². The minimum atomic E-state index is 0.282. The first-order valence-corrected chi connectivity index (χ1v) is 7.26. The van der Waals surface area contributed by atoms with Gasteiger partial charge in [0.25, 0.3) is 0 Å². The summed E-state index contributed by atoms with van der Waals surface area (Å²) in [7, 11) is 0. The van der Waals surface area contributed by atoms with Gasteiger partial charge in [0.05, 0.1) is 0 Å². The topological polar surface area (TPSA) is 32.3 Å². The minimum Gasteiger partial charge on any atom is -0.335 e. The predicted molar refractivity (Wildman–Crippen MR) is 77.9 cm³/mol. The van der Waals surface area contributed by atoms with Gasteiger partial charge in [-0.3, -0.25) is 4.79 Å². The van der Waals surface area contributed by atoms with Gasteiger partial charge in [-0.1, -0.05) is 36.8 Å². The van der Waals surface area contributed by atoms with E-state index in [1.165, 1.54) is 24.0 Å². The first kappa shape index (κ1) is 14.1. The number of amides is 1. The summed E-state index contributed by atoms with van der Waals surface area (Å²) in [5, 5.41) is 3.22. The van der Waals surface area contributed by atoms with Crippen LogP contribution in [0.25, 0.3) is 0 Å². The van der Waals surface area contributed by atoms with E-state index in [2.05, 4.69) is 48.3 Å². The minimum absolute atomic E-state index is 0.282. The van der Waals surface area contributed by atoms with Crippen molar-refractivity contribution in [2.45, 2.75) is 45.7 Å². The highest BCUT2D eigenvalue weighted by molar-refractivity contribution is 5.77. The molecule has 0 aliphatic heterocycles. The first-order valence-electron chi connectivity index (χ1n) is 7.26. The quantitative estimate of drug-likeness (QED) is 0.764. The highest BCUT2D eigenvalue weighted by Gasteiger charge is 2.31. The summed E-state index contributed by atoms with van der Waals surface area (Å²) in [5.74, 6) is 0.282. The zero-order chi connectivity index (χ0) is 13.7. The molecule has 2 rings (SSSR count). The molecular weight excluding hydrogens is 236 g/mol. The zero-order valence-corrected chi connectivity index (χ0v) is 12.0. The van der Waals surface area contributed by atoms with Crippen molar-refractivity contribution in [1.29, 1.82) is 0 Å². The van der Waals surface area contributed by atoms with Crippen LogP contribution in [-0.4, -0.2) is 29.9 Å². The summed E-state index contributed by atoms with van der Waals surface area (Å²) < 4.78 is 0. The number of nitrogens with one attached hydrogen (secondary N) is 1. The fourth-order valence-corrected chi connectivity index (χ4v) is 2.21. The Hall–Kier alpha value is -1.35. The molecule has 1 saturated carbocycles. The van der Waals surface area contributed by atoms with E-state index in [-0.39, 0.29) is 5.91 Å². The largest absolute Gasteiger partial charge is 0.335 e. The molecule has 0 bridgehead atoms. The summed E-state index contributed by atoms with van der Waals surface area (Å²) in [6.07, 6.45) is 2.94. The summed E-state index contributed by atoms with van der Waals surface area (Å²) in [6, 6.07) is 8.97. The molecule has 1 N–H and O–H groups in total. The number of nitrogens with zero attached hydrogens (tertiary/aromatic N) is 1. The van der Waals surface area contributed by atoms with Crippen molar-refractivity contribution in [2.24, 2.45) is 0 Å². The van der Waals surface area contributed by atoms with E-state index in [0.717, 1.165) is 19.6 Å². The van der Waals surface area contributed by atoms with Gasteiger partial charge in [0.1, 0.15) is 0 Å². The van der Waals surface area contributed by atoms with E-state index >= 15 is 0 Å². The van der Waals surface area contributed by atoms with E-state index in [0.29, 0.717) is 12.5 Å². The number of rotatable bonds is 7. The third kappa shape index (κ3) is 4.35. The van der Waals surface area contributed by atoms with Crippen molar-refractivity contribution in [2.75, 3.05) is 13.1 Å². The predicted octanol–water partition coefficient (Wildman–Crippen LogP) is 2.49. The summed E-state index contributed by atoms with van der Waals surface area (Å²) >= 11 is 0. The molecule has 0 atom stereocenters. The highest BCUT2D eigenvalue weighted by atomic mass is 16.2. The Morgan fingerprint density at radius 1 is 1.32 bits per heavy atom. The van der Waals surface area contributed by atoms with Crippen molar-refractivity contribution in [3.05, 3.63) is 35.4 Å². The van der Waals surface area contributed by atoms with Crippen LogP contribution in [0.3, 0.4) is 0 Å². The van der Waals surface area contributed by atoms with Gasteiger partial charge in [0.2, 0.25) is 5.91 Å². The zero-order valence-electron chi connectivity index (χ0n) is 12.0. The second-order valence-corrected chi connectivity index (χ2v) is 5.34. The summed E-state index contributed by atoms with van der Waals surface area (Å²) in [6.45, 7) is 6.62. The molecule has 0 aromatic heterocycles. The van der Waals surface area contributed by atoms with E-state index in [9.17, 15) is 4.79 Å². The second kappa shape index (κ2) is 6.71. The maximum Gasteiger partial charge on any atom is 0.224 e. The number of carbonyl (C=O) groups is 1. The average Bonchev–Trinajstić information content (AvgIpc) is 3.22. The number of hydrogen-bond donors (Lipinski definition) is 1.